The molecule has 1 unspecified atom stereocenters. The van der Waals surface area contributed by atoms with Crippen LogP contribution in [0.25, 0.3) is 0 Å². The minimum Gasteiger partial charge on any atom is -0.464 e. The van der Waals surface area contributed by atoms with Crippen molar-refractivity contribution < 1.29 is 14.3 Å². The molecule has 0 bridgehead atoms. The summed E-state index contributed by atoms with van der Waals surface area (Å²) in [5.41, 5.74) is 2.64. The van der Waals surface area contributed by atoms with Crippen molar-refractivity contribution in [3.05, 3.63) is 47.3 Å². The van der Waals surface area contributed by atoms with Gasteiger partial charge in [0.2, 0.25) is 0 Å². The predicted molar refractivity (Wildman–Crippen MR) is 85.7 cm³/mol. The third kappa shape index (κ3) is 2.60. The molecule has 6 heteroatoms. The Labute approximate surface area is 134 Å². The highest BCUT2D eigenvalue weighted by molar-refractivity contribution is 6.07. The molecule has 0 saturated carbocycles. The summed E-state index contributed by atoms with van der Waals surface area (Å²) in [6.45, 7) is 4.60. The average molecular weight is 313 g/mol. The summed E-state index contributed by atoms with van der Waals surface area (Å²) in [5.74, 6) is -0.693. The van der Waals surface area contributed by atoms with Gasteiger partial charge in [-0.15, -0.1) is 0 Å². The largest absolute Gasteiger partial charge is 0.464 e. The minimum absolute atomic E-state index is 0.0483. The van der Waals surface area contributed by atoms with Gasteiger partial charge in [0.1, 0.15) is 5.69 Å². The molecule has 6 nitrogen and oxygen atoms in total. The van der Waals surface area contributed by atoms with E-state index < -0.39 is 5.97 Å². The van der Waals surface area contributed by atoms with Gasteiger partial charge >= 0.3 is 5.97 Å². The van der Waals surface area contributed by atoms with Crippen LogP contribution >= 0.6 is 0 Å². The molecule has 0 fully saturated rings. The van der Waals surface area contributed by atoms with Gasteiger partial charge in [-0.2, -0.15) is 5.10 Å². The number of methoxy groups -OCH3 is 1. The van der Waals surface area contributed by atoms with Gasteiger partial charge in [0.25, 0.3) is 5.91 Å². The normalized spacial score (nSPS) is 17.1. The number of esters is 1. The van der Waals surface area contributed by atoms with Crippen LogP contribution in [0.4, 0.5) is 5.69 Å². The minimum atomic E-state index is -0.536. The second-order valence-corrected chi connectivity index (χ2v) is 5.63. The van der Waals surface area contributed by atoms with Gasteiger partial charge in [-0.05, 0) is 31.0 Å². The number of aromatic nitrogens is 2. The molecule has 1 amide bonds. The van der Waals surface area contributed by atoms with Crippen molar-refractivity contribution in [1.29, 1.82) is 0 Å². The summed E-state index contributed by atoms with van der Waals surface area (Å²) < 4.78 is 6.25. The Morgan fingerprint density at radius 2 is 2.04 bits per heavy atom. The highest BCUT2D eigenvalue weighted by Gasteiger charge is 2.33. The number of anilines is 1. The standard InChI is InChI=1S/C17H19N3O3/c1-4-12-5-7-13(8-6-12)20-11(2)10-19-15(16(20)21)9-14(18-19)17(22)23-3/h5-9,11H,4,10H2,1-3H3. The van der Waals surface area contributed by atoms with Gasteiger partial charge in [-0.25, -0.2) is 4.79 Å². The van der Waals surface area contributed by atoms with E-state index in [1.165, 1.54) is 18.7 Å². The highest BCUT2D eigenvalue weighted by atomic mass is 16.5. The third-order valence-corrected chi connectivity index (χ3v) is 4.11. The van der Waals surface area contributed by atoms with Gasteiger partial charge in [0.15, 0.2) is 5.69 Å². The molecule has 0 N–H and O–H groups in total. The Bertz CT molecular complexity index is 749. The molecule has 120 valence electrons. The average Bonchev–Trinajstić information content (AvgIpc) is 2.99. The quantitative estimate of drug-likeness (QED) is 0.816. The number of rotatable bonds is 3. The predicted octanol–water partition coefficient (Wildman–Crippen LogP) is 2.28. The molecule has 0 saturated heterocycles. The molecule has 1 atom stereocenters. The van der Waals surface area contributed by atoms with E-state index >= 15 is 0 Å². The Balaban J connectivity index is 1.96. The van der Waals surface area contributed by atoms with Gasteiger partial charge < -0.3 is 9.64 Å². The highest BCUT2D eigenvalue weighted by Crippen LogP contribution is 2.26. The van der Waals surface area contributed by atoms with Crippen LogP contribution in [-0.4, -0.2) is 34.8 Å². The van der Waals surface area contributed by atoms with Crippen molar-refractivity contribution in [2.45, 2.75) is 32.9 Å². The summed E-state index contributed by atoms with van der Waals surface area (Å²) in [4.78, 5) is 26.2. The maximum absolute atomic E-state index is 12.8. The first kappa shape index (κ1) is 15.3. The van der Waals surface area contributed by atoms with Gasteiger partial charge in [-0.3, -0.25) is 9.48 Å². The van der Waals surface area contributed by atoms with E-state index in [2.05, 4.69) is 16.8 Å². The number of hydrogen-bond donors (Lipinski definition) is 0. The summed E-state index contributed by atoms with van der Waals surface area (Å²) in [6, 6.07) is 9.42. The zero-order chi connectivity index (χ0) is 16.6. The van der Waals surface area contributed by atoms with Crippen LogP contribution < -0.4 is 4.90 Å². The van der Waals surface area contributed by atoms with Crippen LogP contribution in [-0.2, 0) is 17.7 Å². The number of fused-ring (bicyclic) bond motifs is 1. The maximum atomic E-state index is 12.8. The van der Waals surface area contributed by atoms with Crippen molar-refractivity contribution in [3.8, 4) is 0 Å². The number of aryl methyl sites for hydroxylation is 1. The Morgan fingerprint density at radius 1 is 1.35 bits per heavy atom. The molecule has 2 aromatic rings. The van der Waals surface area contributed by atoms with Crippen LogP contribution in [0, 0.1) is 0 Å². The lowest BCUT2D eigenvalue weighted by molar-refractivity contribution is 0.0592. The summed E-state index contributed by atoms with van der Waals surface area (Å²) in [6.07, 6.45) is 0.957. The topological polar surface area (TPSA) is 64.4 Å². The van der Waals surface area contributed by atoms with E-state index in [1.807, 2.05) is 31.2 Å². The zero-order valence-electron chi connectivity index (χ0n) is 13.4. The van der Waals surface area contributed by atoms with Gasteiger partial charge in [0, 0.05) is 11.8 Å². The molecule has 0 spiro atoms. The molecular formula is C17H19N3O3. The van der Waals surface area contributed by atoms with Crippen molar-refractivity contribution in [2.75, 3.05) is 12.0 Å². The summed E-state index contributed by atoms with van der Waals surface area (Å²) in [7, 11) is 1.30. The molecule has 3 rings (SSSR count). The van der Waals surface area contributed by atoms with Crippen LogP contribution in [0.2, 0.25) is 0 Å². The first-order valence-electron chi connectivity index (χ1n) is 7.63. The molecule has 0 radical (unpaired) electrons. The molecule has 1 aliphatic heterocycles. The Morgan fingerprint density at radius 3 is 2.65 bits per heavy atom. The first-order valence-corrected chi connectivity index (χ1v) is 7.63. The lowest BCUT2D eigenvalue weighted by Crippen LogP contribution is -2.46. The maximum Gasteiger partial charge on any atom is 0.358 e. The van der Waals surface area contributed by atoms with Gasteiger partial charge in [-0.1, -0.05) is 19.1 Å². The van der Waals surface area contributed by atoms with Crippen LogP contribution in [0.15, 0.2) is 30.3 Å². The number of hydrogen-bond acceptors (Lipinski definition) is 4. The van der Waals surface area contributed by atoms with E-state index in [0.29, 0.717) is 12.2 Å². The third-order valence-electron chi connectivity index (χ3n) is 4.11. The van der Waals surface area contributed by atoms with Crippen molar-refractivity contribution in [2.24, 2.45) is 0 Å². The van der Waals surface area contributed by atoms with Crippen molar-refractivity contribution in [1.82, 2.24) is 9.78 Å². The summed E-state index contributed by atoms with van der Waals surface area (Å²) in [5, 5.41) is 4.17. The SMILES string of the molecule is CCc1ccc(N2C(=O)c3cc(C(=O)OC)nn3CC2C)cc1. The number of nitrogens with zero attached hydrogens (tertiary/aromatic N) is 3. The number of carbonyl (C=O) groups is 2. The molecule has 2 heterocycles. The monoisotopic (exact) mass is 313 g/mol. The lowest BCUT2D eigenvalue weighted by atomic mass is 10.1. The fourth-order valence-corrected chi connectivity index (χ4v) is 2.85. The molecule has 1 aromatic carbocycles. The van der Waals surface area contributed by atoms with Crippen LogP contribution in [0.3, 0.4) is 0 Å². The number of benzene rings is 1. The second-order valence-electron chi connectivity index (χ2n) is 5.63. The van der Waals surface area contributed by atoms with E-state index in [9.17, 15) is 9.59 Å². The fraction of sp³-hybridized carbons (Fsp3) is 0.353. The van der Waals surface area contributed by atoms with E-state index in [1.54, 1.807) is 9.58 Å². The second kappa shape index (κ2) is 5.87. The molecular weight excluding hydrogens is 294 g/mol. The van der Waals surface area contributed by atoms with Crippen LogP contribution in [0.1, 0.15) is 40.4 Å². The summed E-state index contributed by atoms with van der Waals surface area (Å²) >= 11 is 0. The molecule has 0 aliphatic carbocycles. The van der Waals surface area contributed by atoms with Crippen molar-refractivity contribution in [3.63, 3.8) is 0 Å². The number of ether oxygens (including phenoxy) is 1. The van der Waals surface area contributed by atoms with Gasteiger partial charge in [0.05, 0.1) is 19.7 Å². The number of carbonyl (C=O) groups excluding carboxylic acids is 2. The fourth-order valence-electron chi connectivity index (χ4n) is 2.85. The molecule has 23 heavy (non-hydrogen) atoms. The van der Waals surface area contributed by atoms with E-state index in [-0.39, 0.29) is 17.6 Å². The zero-order valence-corrected chi connectivity index (χ0v) is 13.4. The Kier molecular flexibility index (Phi) is 3.90. The van der Waals surface area contributed by atoms with E-state index in [0.717, 1.165) is 12.1 Å². The smallest absolute Gasteiger partial charge is 0.358 e. The van der Waals surface area contributed by atoms with Crippen LogP contribution in [0.5, 0.6) is 0 Å². The molecule has 1 aromatic heterocycles. The van der Waals surface area contributed by atoms with E-state index in [4.69, 9.17) is 0 Å². The molecule has 1 aliphatic rings. The Hall–Kier alpha value is -2.63. The number of amides is 1. The first-order chi connectivity index (χ1) is 11.0. The lowest BCUT2D eigenvalue weighted by Gasteiger charge is -2.33. The van der Waals surface area contributed by atoms with Crippen molar-refractivity contribution >= 4 is 17.6 Å².